The molecule has 1 saturated heterocycles. The van der Waals surface area contributed by atoms with Crippen molar-refractivity contribution in [3.63, 3.8) is 0 Å². The summed E-state index contributed by atoms with van der Waals surface area (Å²) in [5.74, 6) is 0.447. The summed E-state index contributed by atoms with van der Waals surface area (Å²) in [7, 11) is 0. The lowest BCUT2D eigenvalue weighted by Crippen LogP contribution is -2.37. The Morgan fingerprint density at radius 3 is 3.13 bits per heavy atom. The minimum atomic E-state index is -0.287. The highest BCUT2D eigenvalue weighted by Crippen LogP contribution is 2.50. The van der Waals surface area contributed by atoms with E-state index in [9.17, 15) is 4.79 Å². The number of hydrogen-bond donors (Lipinski definition) is 0. The molecule has 1 heterocycles. The van der Waals surface area contributed by atoms with E-state index >= 15 is 0 Å². The van der Waals surface area contributed by atoms with Gasteiger partial charge in [0.25, 0.3) is 0 Å². The highest BCUT2D eigenvalue weighted by Gasteiger charge is 2.50. The minimum Gasteiger partial charge on any atom is -0.465 e. The number of allylic oxidation sites excluding steroid dienone is 3. The van der Waals surface area contributed by atoms with Crippen molar-refractivity contribution in [3.05, 3.63) is 23.8 Å². The number of carbonyl (C=O) groups excluding carboxylic acids is 1. The first kappa shape index (κ1) is 9.20. The Hall–Kier alpha value is -1.05. The Morgan fingerprint density at radius 2 is 2.33 bits per heavy atom. The maximum absolute atomic E-state index is 11.9. The zero-order valence-corrected chi connectivity index (χ0v) is 8.87. The summed E-state index contributed by atoms with van der Waals surface area (Å²) in [5, 5.41) is 0. The van der Waals surface area contributed by atoms with Gasteiger partial charge in [-0.1, -0.05) is 30.2 Å². The molecule has 0 radical (unpaired) electrons. The first-order chi connectivity index (χ1) is 7.33. The largest absolute Gasteiger partial charge is 0.465 e. The normalized spacial score (nSPS) is 38.8. The van der Waals surface area contributed by atoms with Gasteiger partial charge in [0.2, 0.25) is 0 Å². The molecule has 15 heavy (non-hydrogen) atoms. The van der Waals surface area contributed by atoms with Gasteiger partial charge in [0, 0.05) is 6.42 Å². The first-order valence-electron chi connectivity index (χ1n) is 5.88. The summed E-state index contributed by atoms with van der Waals surface area (Å²) < 4.78 is 5.18. The van der Waals surface area contributed by atoms with Crippen LogP contribution in [0.1, 0.15) is 32.1 Å². The Morgan fingerprint density at radius 1 is 1.40 bits per heavy atom. The summed E-state index contributed by atoms with van der Waals surface area (Å²) in [5.41, 5.74) is 1.19. The lowest BCUT2D eigenvalue weighted by atomic mass is 9.63. The zero-order valence-electron chi connectivity index (χ0n) is 8.87. The van der Waals surface area contributed by atoms with Crippen molar-refractivity contribution >= 4 is 5.97 Å². The van der Waals surface area contributed by atoms with Gasteiger partial charge in [-0.15, -0.1) is 0 Å². The van der Waals surface area contributed by atoms with Gasteiger partial charge in [-0.2, -0.15) is 0 Å². The number of ether oxygens (including phenoxy) is 1. The van der Waals surface area contributed by atoms with Gasteiger partial charge in [-0.05, 0) is 25.2 Å². The summed E-state index contributed by atoms with van der Waals surface area (Å²) >= 11 is 0. The molecule has 1 spiro atoms. The van der Waals surface area contributed by atoms with Gasteiger partial charge in [0.1, 0.15) is 0 Å². The molecule has 2 aliphatic carbocycles. The fourth-order valence-electron chi connectivity index (χ4n) is 3.30. The van der Waals surface area contributed by atoms with Gasteiger partial charge in [0.15, 0.2) is 0 Å². The monoisotopic (exact) mass is 204 g/mol. The molecule has 1 aliphatic heterocycles. The third-order valence-electron chi connectivity index (χ3n) is 4.11. The SMILES string of the molecule is O=C1OCC[C@]12C=CC=C1CCCC[C@@H]12. The molecule has 2 atom stereocenters. The van der Waals surface area contributed by atoms with Crippen molar-refractivity contribution in [1.82, 2.24) is 0 Å². The Balaban J connectivity index is 2.00. The van der Waals surface area contributed by atoms with E-state index in [1.807, 2.05) is 0 Å². The van der Waals surface area contributed by atoms with Crippen LogP contribution in [0.4, 0.5) is 0 Å². The highest BCUT2D eigenvalue weighted by molar-refractivity contribution is 5.82. The van der Waals surface area contributed by atoms with Gasteiger partial charge in [0.05, 0.1) is 12.0 Å². The maximum Gasteiger partial charge on any atom is 0.316 e. The molecular weight excluding hydrogens is 188 g/mol. The van der Waals surface area contributed by atoms with E-state index in [1.54, 1.807) is 0 Å². The van der Waals surface area contributed by atoms with E-state index in [-0.39, 0.29) is 11.4 Å². The molecule has 80 valence electrons. The highest BCUT2D eigenvalue weighted by atomic mass is 16.5. The van der Waals surface area contributed by atoms with Gasteiger partial charge in [-0.25, -0.2) is 0 Å². The fourth-order valence-corrected chi connectivity index (χ4v) is 3.30. The second-order valence-electron chi connectivity index (χ2n) is 4.83. The molecule has 0 unspecified atom stereocenters. The van der Waals surface area contributed by atoms with Gasteiger partial charge in [-0.3, -0.25) is 4.79 Å². The van der Waals surface area contributed by atoms with Crippen LogP contribution in [0.5, 0.6) is 0 Å². The molecule has 2 heteroatoms. The second-order valence-corrected chi connectivity index (χ2v) is 4.83. The number of rotatable bonds is 0. The van der Waals surface area contributed by atoms with Crippen molar-refractivity contribution in [2.24, 2.45) is 11.3 Å². The van der Waals surface area contributed by atoms with E-state index < -0.39 is 0 Å². The van der Waals surface area contributed by atoms with Gasteiger partial charge >= 0.3 is 5.97 Å². The molecule has 0 amide bonds. The van der Waals surface area contributed by atoms with Crippen molar-refractivity contribution in [1.29, 1.82) is 0 Å². The van der Waals surface area contributed by atoms with Crippen LogP contribution in [-0.2, 0) is 9.53 Å². The van der Waals surface area contributed by atoms with Crippen molar-refractivity contribution < 1.29 is 9.53 Å². The predicted molar refractivity (Wildman–Crippen MR) is 57.2 cm³/mol. The van der Waals surface area contributed by atoms with Crippen LogP contribution in [0.15, 0.2) is 23.8 Å². The second kappa shape index (κ2) is 3.22. The first-order valence-corrected chi connectivity index (χ1v) is 5.88. The number of hydrogen-bond acceptors (Lipinski definition) is 2. The molecule has 2 fully saturated rings. The quantitative estimate of drug-likeness (QED) is 0.567. The predicted octanol–water partition coefficient (Wildman–Crippen LogP) is 2.61. The summed E-state index contributed by atoms with van der Waals surface area (Å²) in [6.45, 7) is 0.604. The van der Waals surface area contributed by atoms with Crippen LogP contribution >= 0.6 is 0 Å². The summed E-state index contributed by atoms with van der Waals surface area (Å²) in [6, 6.07) is 0. The molecular formula is C13H16O2. The van der Waals surface area contributed by atoms with Crippen LogP contribution in [-0.4, -0.2) is 12.6 Å². The molecule has 0 aromatic rings. The molecule has 2 nitrogen and oxygen atoms in total. The van der Waals surface area contributed by atoms with E-state index in [1.165, 1.54) is 24.8 Å². The molecule has 0 bridgehead atoms. The van der Waals surface area contributed by atoms with E-state index in [2.05, 4.69) is 18.2 Å². The average Bonchev–Trinajstić information content (AvgIpc) is 2.62. The smallest absolute Gasteiger partial charge is 0.316 e. The molecule has 1 saturated carbocycles. The third-order valence-corrected chi connectivity index (χ3v) is 4.11. The number of cyclic esters (lactones) is 1. The standard InChI is InChI=1S/C13H16O2/c14-12-13(8-9-15-12)7-3-5-10-4-1-2-6-11(10)13/h3,5,7,11H,1-2,4,6,8-9H2/t11-,13-/m0/s1. The van der Waals surface area contributed by atoms with E-state index in [0.717, 1.165) is 12.8 Å². The van der Waals surface area contributed by atoms with Gasteiger partial charge < -0.3 is 4.74 Å². The topological polar surface area (TPSA) is 26.3 Å². The van der Waals surface area contributed by atoms with Crippen molar-refractivity contribution in [2.45, 2.75) is 32.1 Å². The lowest BCUT2D eigenvalue weighted by Gasteiger charge is -2.38. The maximum atomic E-state index is 11.9. The average molecular weight is 204 g/mol. The van der Waals surface area contributed by atoms with Crippen LogP contribution in [0.2, 0.25) is 0 Å². The number of fused-ring (bicyclic) bond motifs is 2. The summed E-state index contributed by atoms with van der Waals surface area (Å²) in [6.07, 6.45) is 12.1. The Labute approximate surface area is 90.0 Å². The zero-order chi connectivity index (χ0) is 10.3. The van der Waals surface area contributed by atoms with E-state index in [0.29, 0.717) is 12.5 Å². The number of esters is 1. The Kier molecular flexibility index (Phi) is 1.98. The molecule has 0 aromatic heterocycles. The third kappa shape index (κ3) is 1.20. The van der Waals surface area contributed by atoms with Crippen molar-refractivity contribution in [2.75, 3.05) is 6.61 Å². The van der Waals surface area contributed by atoms with Crippen LogP contribution in [0.3, 0.4) is 0 Å². The summed E-state index contributed by atoms with van der Waals surface area (Å²) in [4.78, 5) is 11.9. The van der Waals surface area contributed by atoms with Crippen LogP contribution in [0.25, 0.3) is 0 Å². The molecule has 0 N–H and O–H groups in total. The van der Waals surface area contributed by atoms with E-state index in [4.69, 9.17) is 4.74 Å². The Bertz CT molecular complexity index is 354. The fraction of sp³-hybridized carbons (Fsp3) is 0.615. The number of carbonyl (C=O) groups is 1. The molecule has 3 rings (SSSR count). The van der Waals surface area contributed by atoms with Crippen LogP contribution in [0, 0.1) is 11.3 Å². The van der Waals surface area contributed by atoms with Crippen LogP contribution < -0.4 is 0 Å². The molecule has 0 aromatic carbocycles. The minimum absolute atomic E-state index is 0.0104. The van der Waals surface area contributed by atoms with Crippen molar-refractivity contribution in [3.8, 4) is 0 Å². The molecule has 3 aliphatic rings. The lowest BCUT2D eigenvalue weighted by molar-refractivity contribution is -0.146.